The molecule has 3 aromatic rings. The average Bonchev–Trinajstić information content (AvgIpc) is 2.79. The van der Waals surface area contributed by atoms with Gasteiger partial charge in [0, 0.05) is 49.5 Å². The number of aryl methyl sites for hydroxylation is 1. The summed E-state index contributed by atoms with van der Waals surface area (Å²) in [5.74, 6) is -0.437. The second-order valence-electron chi connectivity index (χ2n) is 8.99. The van der Waals surface area contributed by atoms with Crippen LogP contribution in [0.2, 0.25) is 0 Å². The molecule has 1 unspecified atom stereocenters. The molecule has 2 heterocycles. The number of carbonyl (C=O) groups is 1. The van der Waals surface area contributed by atoms with E-state index in [1.54, 1.807) is 36.4 Å². The third-order valence-electron chi connectivity index (χ3n) is 6.36. The lowest BCUT2D eigenvalue weighted by molar-refractivity contribution is 0.102. The Morgan fingerprint density at radius 3 is 2.62 bits per heavy atom. The number of fused-ring (bicyclic) bond motifs is 1. The van der Waals surface area contributed by atoms with Gasteiger partial charge in [-0.2, -0.15) is 0 Å². The summed E-state index contributed by atoms with van der Waals surface area (Å²) < 4.78 is 26.7. The number of sulfonamides is 1. The van der Waals surface area contributed by atoms with E-state index in [0.29, 0.717) is 16.8 Å². The summed E-state index contributed by atoms with van der Waals surface area (Å²) in [7, 11) is -0.760. The largest absolute Gasteiger partial charge is 0.493 e. The van der Waals surface area contributed by atoms with Crippen molar-refractivity contribution < 1.29 is 18.3 Å². The predicted octanol–water partition coefficient (Wildman–Crippen LogP) is 4.13. The Labute approximate surface area is 200 Å². The van der Waals surface area contributed by atoms with Crippen molar-refractivity contribution in [2.45, 2.75) is 44.0 Å². The van der Waals surface area contributed by atoms with Crippen LogP contribution in [0.25, 0.3) is 10.9 Å². The van der Waals surface area contributed by atoms with E-state index in [2.05, 4.69) is 22.1 Å². The lowest BCUT2D eigenvalue weighted by Gasteiger charge is -2.36. The summed E-state index contributed by atoms with van der Waals surface area (Å²) in [4.78, 5) is 19.9. The summed E-state index contributed by atoms with van der Waals surface area (Å²) in [5.41, 5.74) is 3.06. The number of anilines is 2. The fourth-order valence-electron chi connectivity index (χ4n) is 4.43. The second-order valence-corrected chi connectivity index (χ2v) is 11.1. The Kier molecular flexibility index (Phi) is 6.51. The van der Waals surface area contributed by atoms with E-state index in [0.717, 1.165) is 46.7 Å². The maximum absolute atomic E-state index is 13.5. The molecule has 0 saturated carbocycles. The molecule has 1 aliphatic rings. The number of nitrogens with one attached hydrogen (secondary N) is 1. The number of carbonyl (C=O) groups excluding carboxylic acids is 1. The predicted molar refractivity (Wildman–Crippen MR) is 134 cm³/mol. The SMILES string of the molecule is Cc1cc(O)nc2ccc(NC(=O)c3cc(S(=O)(=O)N(C)C)ccc3N3CCCCC3C)cc12. The van der Waals surface area contributed by atoms with Crippen molar-refractivity contribution in [1.82, 2.24) is 9.29 Å². The fourth-order valence-corrected chi connectivity index (χ4v) is 5.36. The first-order valence-corrected chi connectivity index (χ1v) is 12.8. The van der Waals surface area contributed by atoms with Gasteiger partial charge in [-0.3, -0.25) is 4.79 Å². The normalized spacial score (nSPS) is 16.7. The number of hydrogen-bond donors (Lipinski definition) is 2. The van der Waals surface area contributed by atoms with Crippen LogP contribution in [-0.4, -0.2) is 55.4 Å². The highest BCUT2D eigenvalue weighted by Crippen LogP contribution is 2.31. The molecule has 1 saturated heterocycles. The van der Waals surface area contributed by atoms with Crippen LogP contribution in [0.15, 0.2) is 47.4 Å². The van der Waals surface area contributed by atoms with E-state index in [9.17, 15) is 18.3 Å². The van der Waals surface area contributed by atoms with Gasteiger partial charge in [-0.15, -0.1) is 0 Å². The molecule has 4 rings (SSSR count). The number of benzene rings is 2. The van der Waals surface area contributed by atoms with E-state index in [-0.39, 0.29) is 22.7 Å². The van der Waals surface area contributed by atoms with E-state index >= 15 is 0 Å². The van der Waals surface area contributed by atoms with Crippen molar-refractivity contribution in [1.29, 1.82) is 0 Å². The Balaban J connectivity index is 1.76. The standard InChI is InChI=1S/C25H30N4O4S/c1-16-13-24(30)27-22-10-8-18(14-20(16)22)26-25(31)21-15-19(34(32,33)28(3)4)9-11-23(21)29-12-6-5-7-17(29)2/h8-11,13-15,17H,5-7,12H2,1-4H3,(H,26,31)(H,27,30). The minimum atomic E-state index is -3.70. The van der Waals surface area contributed by atoms with E-state index in [4.69, 9.17) is 0 Å². The molecule has 1 atom stereocenters. The van der Waals surface area contributed by atoms with Crippen molar-refractivity contribution in [3.8, 4) is 5.88 Å². The van der Waals surface area contributed by atoms with Gasteiger partial charge >= 0.3 is 0 Å². The lowest BCUT2D eigenvalue weighted by Crippen LogP contribution is -2.38. The summed E-state index contributed by atoms with van der Waals surface area (Å²) in [6.07, 6.45) is 3.17. The number of rotatable bonds is 5. The van der Waals surface area contributed by atoms with Crippen LogP contribution in [0.3, 0.4) is 0 Å². The quantitative estimate of drug-likeness (QED) is 0.567. The summed E-state index contributed by atoms with van der Waals surface area (Å²) in [5, 5.41) is 13.5. The molecule has 0 bridgehead atoms. The molecule has 0 aliphatic carbocycles. The zero-order valence-electron chi connectivity index (χ0n) is 19.9. The van der Waals surface area contributed by atoms with Gasteiger partial charge in [-0.25, -0.2) is 17.7 Å². The zero-order chi connectivity index (χ0) is 24.6. The number of pyridine rings is 1. The Morgan fingerprint density at radius 1 is 1.15 bits per heavy atom. The number of piperidine rings is 1. The van der Waals surface area contributed by atoms with Gasteiger partial charge in [0.05, 0.1) is 16.0 Å². The van der Waals surface area contributed by atoms with Crippen LogP contribution in [-0.2, 0) is 10.0 Å². The molecule has 34 heavy (non-hydrogen) atoms. The number of hydrogen-bond acceptors (Lipinski definition) is 6. The number of nitrogens with zero attached hydrogens (tertiary/aromatic N) is 3. The molecule has 8 nitrogen and oxygen atoms in total. The Hall–Kier alpha value is -3.17. The van der Waals surface area contributed by atoms with Crippen LogP contribution < -0.4 is 10.2 Å². The smallest absolute Gasteiger partial charge is 0.257 e. The van der Waals surface area contributed by atoms with Gasteiger partial charge in [0.1, 0.15) is 0 Å². The number of aromatic nitrogens is 1. The monoisotopic (exact) mass is 482 g/mol. The number of aromatic hydroxyl groups is 1. The van der Waals surface area contributed by atoms with Crippen LogP contribution >= 0.6 is 0 Å². The van der Waals surface area contributed by atoms with Crippen LogP contribution in [0.4, 0.5) is 11.4 Å². The molecule has 2 aromatic carbocycles. The summed E-state index contributed by atoms with van der Waals surface area (Å²) in [6, 6.07) is 11.8. The molecule has 1 aromatic heterocycles. The highest BCUT2D eigenvalue weighted by Gasteiger charge is 2.26. The van der Waals surface area contributed by atoms with E-state index < -0.39 is 10.0 Å². The molecule has 1 fully saturated rings. The van der Waals surface area contributed by atoms with Crippen molar-refractivity contribution in [3.05, 3.63) is 53.6 Å². The highest BCUT2D eigenvalue weighted by molar-refractivity contribution is 7.89. The molecule has 1 aliphatic heterocycles. The first kappa shape index (κ1) is 24.0. The van der Waals surface area contributed by atoms with Crippen LogP contribution in [0.5, 0.6) is 5.88 Å². The molecule has 1 amide bonds. The summed E-state index contributed by atoms with van der Waals surface area (Å²) >= 11 is 0. The van der Waals surface area contributed by atoms with Crippen LogP contribution in [0.1, 0.15) is 42.1 Å². The van der Waals surface area contributed by atoms with Gasteiger partial charge in [0.15, 0.2) is 0 Å². The second kappa shape index (κ2) is 9.23. The molecular weight excluding hydrogens is 452 g/mol. The van der Waals surface area contributed by atoms with Crippen molar-refractivity contribution in [3.63, 3.8) is 0 Å². The molecule has 0 spiro atoms. The molecule has 0 radical (unpaired) electrons. The maximum Gasteiger partial charge on any atom is 0.257 e. The third-order valence-corrected chi connectivity index (χ3v) is 8.17. The van der Waals surface area contributed by atoms with Crippen molar-refractivity contribution in [2.75, 3.05) is 30.9 Å². The summed E-state index contributed by atoms with van der Waals surface area (Å²) in [6.45, 7) is 4.80. The topological polar surface area (TPSA) is 103 Å². The molecule has 180 valence electrons. The van der Waals surface area contributed by atoms with E-state index in [1.807, 2.05) is 6.92 Å². The first-order chi connectivity index (χ1) is 16.1. The van der Waals surface area contributed by atoms with Gasteiger partial charge in [-0.05, 0) is 75.1 Å². The van der Waals surface area contributed by atoms with Gasteiger partial charge in [-0.1, -0.05) is 0 Å². The fraction of sp³-hybridized carbons (Fsp3) is 0.360. The first-order valence-electron chi connectivity index (χ1n) is 11.3. The Bertz CT molecular complexity index is 1350. The number of amides is 1. The van der Waals surface area contributed by atoms with Crippen molar-refractivity contribution >= 4 is 38.2 Å². The van der Waals surface area contributed by atoms with Gasteiger partial charge < -0.3 is 15.3 Å². The van der Waals surface area contributed by atoms with Crippen molar-refractivity contribution in [2.24, 2.45) is 0 Å². The third kappa shape index (κ3) is 4.58. The lowest BCUT2D eigenvalue weighted by atomic mass is 10.0. The zero-order valence-corrected chi connectivity index (χ0v) is 20.7. The van der Waals surface area contributed by atoms with E-state index in [1.165, 1.54) is 20.2 Å². The molecular formula is C25H30N4O4S. The van der Waals surface area contributed by atoms with Gasteiger partial charge in [0.25, 0.3) is 5.91 Å². The maximum atomic E-state index is 13.5. The van der Waals surface area contributed by atoms with Crippen LogP contribution in [0, 0.1) is 6.92 Å². The molecule has 2 N–H and O–H groups in total. The highest BCUT2D eigenvalue weighted by atomic mass is 32.2. The Morgan fingerprint density at radius 2 is 1.91 bits per heavy atom. The minimum Gasteiger partial charge on any atom is -0.493 e. The molecule has 9 heteroatoms. The minimum absolute atomic E-state index is 0.0546. The van der Waals surface area contributed by atoms with Gasteiger partial charge in [0.2, 0.25) is 15.9 Å². The average molecular weight is 483 g/mol.